The van der Waals surface area contributed by atoms with E-state index >= 15 is 0 Å². The molecule has 8 heavy (non-hydrogen) atoms. The normalized spacial score (nSPS) is 8.75. The van der Waals surface area contributed by atoms with Gasteiger partial charge >= 0.3 is 60.9 Å². The summed E-state index contributed by atoms with van der Waals surface area (Å²) in [5.41, 5.74) is -0.724. The van der Waals surface area contributed by atoms with E-state index in [1.54, 1.807) is 0 Å². The molecule has 0 aromatic heterocycles. The zero-order chi connectivity index (χ0) is 6.41. The van der Waals surface area contributed by atoms with Crippen molar-refractivity contribution in [1.82, 2.24) is 0 Å². The van der Waals surface area contributed by atoms with E-state index in [1.165, 1.54) is 0 Å². The Hall–Kier alpha value is 0.279. The van der Waals surface area contributed by atoms with Gasteiger partial charge in [-0.2, -0.15) is 0 Å². The van der Waals surface area contributed by atoms with E-state index in [1.807, 2.05) is 0 Å². The second kappa shape index (κ2) is 5.42. The molecule has 0 amide bonds. The first-order valence-electron chi connectivity index (χ1n) is 2.17. The number of carbonyl (C=O) groups excluding carboxylic acids is 1. The van der Waals surface area contributed by atoms with Crippen molar-refractivity contribution in [1.29, 1.82) is 0 Å². The molecule has 0 unspecified atom stereocenters. The first-order chi connectivity index (χ1) is 3.77. The molecule has 0 saturated heterocycles. The standard InChI is InChI=1S/C4H6ClO2Se/c5-4(6)7-2-1-3-8/h1-3H2. The van der Waals surface area contributed by atoms with Crippen molar-refractivity contribution in [3.05, 3.63) is 0 Å². The van der Waals surface area contributed by atoms with Crippen molar-refractivity contribution in [2.45, 2.75) is 11.7 Å². The quantitative estimate of drug-likeness (QED) is 0.390. The van der Waals surface area contributed by atoms with Gasteiger partial charge in [0.15, 0.2) is 0 Å². The van der Waals surface area contributed by atoms with Crippen molar-refractivity contribution in [3.63, 3.8) is 0 Å². The summed E-state index contributed by atoms with van der Waals surface area (Å²) in [4.78, 5) is 9.85. The van der Waals surface area contributed by atoms with Gasteiger partial charge in [-0.3, -0.25) is 0 Å². The molecule has 2 nitrogen and oxygen atoms in total. The fourth-order valence-corrected chi connectivity index (χ4v) is 0.536. The van der Waals surface area contributed by atoms with Crippen LogP contribution in [-0.4, -0.2) is 28.0 Å². The molecule has 0 saturated carbocycles. The van der Waals surface area contributed by atoms with Crippen LogP contribution in [0.1, 0.15) is 6.42 Å². The van der Waals surface area contributed by atoms with E-state index in [-0.39, 0.29) is 0 Å². The van der Waals surface area contributed by atoms with Crippen LogP contribution in [0.15, 0.2) is 0 Å². The van der Waals surface area contributed by atoms with Gasteiger partial charge in [0, 0.05) is 0 Å². The Labute approximate surface area is 61.3 Å². The summed E-state index contributed by atoms with van der Waals surface area (Å²) in [6.07, 6.45) is 0.832. The maximum absolute atomic E-state index is 9.85. The van der Waals surface area contributed by atoms with Gasteiger partial charge in [-0.1, -0.05) is 0 Å². The van der Waals surface area contributed by atoms with E-state index in [0.717, 1.165) is 11.7 Å². The number of rotatable bonds is 3. The van der Waals surface area contributed by atoms with E-state index in [9.17, 15) is 4.79 Å². The van der Waals surface area contributed by atoms with Crippen LogP contribution in [0.3, 0.4) is 0 Å². The maximum atomic E-state index is 9.85. The van der Waals surface area contributed by atoms with Crippen molar-refractivity contribution < 1.29 is 9.53 Å². The van der Waals surface area contributed by atoms with Crippen LogP contribution in [0.4, 0.5) is 4.79 Å². The number of carbonyl (C=O) groups is 1. The minimum absolute atomic E-state index is 0.412. The summed E-state index contributed by atoms with van der Waals surface area (Å²) >= 11 is 7.62. The van der Waals surface area contributed by atoms with Crippen molar-refractivity contribution in [2.75, 3.05) is 6.61 Å². The zero-order valence-electron chi connectivity index (χ0n) is 4.22. The van der Waals surface area contributed by atoms with Crippen LogP contribution in [0.2, 0.25) is 5.32 Å². The molecule has 0 fully saturated rings. The second-order valence-electron chi connectivity index (χ2n) is 1.14. The van der Waals surface area contributed by atoms with Gasteiger partial charge in [0.2, 0.25) is 0 Å². The molecule has 0 aromatic carbocycles. The van der Waals surface area contributed by atoms with E-state index in [2.05, 4.69) is 20.7 Å². The summed E-state index contributed by atoms with van der Waals surface area (Å²) in [6.45, 7) is 0.412. The third-order valence-electron chi connectivity index (χ3n) is 0.504. The Morgan fingerprint density at radius 2 is 2.38 bits per heavy atom. The molecule has 0 aromatic rings. The minimum atomic E-state index is -0.724. The van der Waals surface area contributed by atoms with E-state index < -0.39 is 5.43 Å². The van der Waals surface area contributed by atoms with Gasteiger partial charge in [-0.05, 0) is 0 Å². The average molecular weight is 201 g/mol. The Kier molecular flexibility index (Phi) is 5.61. The summed E-state index contributed by atoms with van der Waals surface area (Å²) in [7, 11) is 0. The van der Waals surface area contributed by atoms with Crippen LogP contribution in [0.5, 0.6) is 0 Å². The molecule has 0 heterocycles. The Morgan fingerprint density at radius 1 is 1.75 bits per heavy atom. The first kappa shape index (κ1) is 8.28. The van der Waals surface area contributed by atoms with Crippen molar-refractivity contribution >= 4 is 33.0 Å². The molecule has 0 aliphatic heterocycles. The van der Waals surface area contributed by atoms with E-state index in [4.69, 9.17) is 11.6 Å². The number of halogens is 1. The van der Waals surface area contributed by atoms with Crippen molar-refractivity contribution in [2.24, 2.45) is 0 Å². The van der Waals surface area contributed by atoms with E-state index in [0.29, 0.717) is 6.61 Å². The fraction of sp³-hybridized carbons (Fsp3) is 0.750. The number of ether oxygens (including phenoxy) is 1. The molecule has 0 aliphatic rings. The van der Waals surface area contributed by atoms with Gasteiger partial charge < -0.3 is 0 Å². The topological polar surface area (TPSA) is 26.3 Å². The van der Waals surface area contributed by atoms with Crippen molar-refractivity contribution in [3.8, 4) is 0 Å². The molecule has 0 N–H and O–H groups in total. The Balaban J connectivity index is 2.82. The molecule has 0 atom stereocenters. The number of hydrogen-bond acceptors (Lipinski definition) is 2. The van der Waals surface area contributed by atoms with Crippen LogP contribution < -0.4 is 0 Å². The molecule has 0 spiro atoms. The van der Waals surface area contributed by atoms with Gasteiger partial charge in [-0.15, -0.1) is 0 Å². The molecule has 47 valence electrons. The third-order valence-corrected chi connectivity index (χ3v) is 1.22. The Morgan fingerprint density at radius 3 is 2.75 bits per heavy atom. The summed E-state index contributed by atoms with van der Waals surface area (Å²) < 4.78 is 4.39. The van der Waals surface area contributed by atoms with Crippen LogP contribution >= 0.6 is 11.6 Å². The molecular formula is C4H6ClO2Se. The third kappa shape index (κ3) is 6.28. The van der Waals surface area contributed by atoms with Gasteiger partial charge in [0.05, 0.1) is 0 Å². The Bertz CT molecular complexity index is 76.4. The number of hydrogen-bond donors (Lipinski definition) is 0. The van der Waals surface area contributed by atoms with Crippen LogP contribution in [0, 0.1) is 0 Å². The van der Waals surface area contributed by atoms with Gasteiger partial charge in [0.1, 0.15) is 0 Å². The monoisotopic (exact) mass is 201 g/mol. The summed E-state index contributed by atoms with van der Waals surface area (Å²) in [5, 5.41) is 0.893. The predicted molar refractivity (Wildman–Crippen MR) is 32.4 cm³/mol. The van der Waals surface area contributed by atoms with Crippen LogP contribution in [0.25, 0.3) is 0 Å². The first-order valence-corrected chi connectivity index (χ1v) is 3.76. The molecule has 0 rings (SSSR count). The zero-order valence-corrected chi connectivity index (χ0v) is 6.69. The molecule has 4 heteroatoms. The average Bonchev–Trinajstić information content (AvgIpc) is 1.66. The molecule has 0 aliphatic carbocycles. The van der Waals surface area contributed by atoms with Gasteiger partial charge in [0.25, 0.3) is 0 Å². The molecule has 0 bridgehead atoms. The SMILES string of the molecule is O=C(Cl)OCCC[Se]. The second-order valence-corrected chi connectivity index (χ2v) is 2.31. The fourth-order valence-electron chi connectivity index (χ4n) is 0.211. The molecular weight excluding hydrogens is 194 g/mol. The summed E-state index contributed by atoms with van der Waals surface area (Å²) in [6, 6.07) is 0. The van der Waals surface area contributed by atoms with Gasteiger partial charge in [-0.25, -0.2) is 0 Å². The van der Waals surface area contributed by atoms with Crippen LogP contribution in [-0.2, 0) is 4.74 Å². The molecule has 1 radical (unpaired) electrons. The summed E-state index contributed by atoms with van der Waals surface area (Å²) in [5.74, 6) is 0. The predicted octanol–water partition coefficient (Wildman–Crippen LogP) is 1.34.